The third-order valence-corrected chi connectivity index (χ3v) is 6.51. The van der Waals surface area contributed by atoms with Crippen molar-refractivity contribution in [3.05, 3.63) is 64.3 Å². The number of carbonyl (C=O) groups is 2. The van der Waals surface area contributed by atoms with Crippen LogP contribution in [0.4, 0.5) is 0 Å². The van der Waals surface area contributed by atoms with Crippen molar-refractivity contribution in [2.45, 2.75) is 37.8 Å². The molecule has 6 nitrogen and oxygen atoms in total. The average molecular weight is 438 g/mol. The van der Waals surface area contributed by atoms with Crippen LogP contribution in [0.3, 0.4) is 0 Å². The highest BCUT2D eigenvalue weighted by molar-refractivity contribution is 6.31. The van der Waals surface area contributed by atoms with Gasteiger partial charge in [-0.05, 0) is 50.1 Å². The molecule has 31 heavy (non-hydrogen) atoms. The minimum absolute atomic E-state index is 0.0762. The minimum Gasteiger partial charge on any atom is -0.493 e. The number of hydrogen-bond donors (Lipinski definition) is 2. The molecule has 160 valence electrons. The van der Waals surface area contributed by atoms with Crippen molar-refractivity contribution < 1.29 is 14.3 Å². The molecule has 0 spiro atoms. The summed E-state index contributed by atoms with van der Waals surface area (Å²) < 4.78 is 7.66. The Bertz CT molecular complexity index is 1210. The summed E-state index contributed by atoms with van der Waals surface area (Å²) in [4.78, 5) is 25.6. The molecule has 1 fully saturated rings. The zero-order chi connectivity index (χ0) is 21.8. The molecule has 3 aromatic rings. The van der Waals surface area contributed by atoms with Crippen LogP contribution >= 0.6 is 11.6 Å². The van der Waals surface area contributed by atoms with Gasteiger partial charge in [0.1, 0.15) is 11.4 Å². The van der Waals surface area contributed by atoms with E-state index in [1.54, 1.807) is 12.1 Å². The number of ether oxygens (including phenoxy) is 1. The molecule has 1 atom stereocenters. The maximum absolute atomic E-state index is 13.1. The lowest BCUT2D eigenvalue weighted by molar-refractivity contribution is 0.0910. The van der Waals surface area contributed by atoms with Gasteiger partial charge in [0.15, 0.2) is 0 Å². The summed E-state index contributed by atoms with van der Waals surface area (Å²) in [5.74, 6) is 0.400. The SMILES string of the molecule is Cn1c(C(=O)N[C@@H]2CCOc3cc(C(=O)NC4(C)CC4)ccc32)cc2ccc(Cl)cc21. The van der Waals surface area contributed by atoms with Gasteiger partial charge in [0.2, 0.25) is 0 Å². The van der Waals surface area contributed by atoms with Gasteiger partial charge in [-0.1, -0.05) is 23.7 Å². The van der Waals surface area contributed by atoms with Crippen molar-refractivity contribution in [3.8, 4) is 5.75 Å². The lowest BCUT2D eigenvalue weighted by Gasteiger charge is -2.27. The summed E-state index contributed by atoms with van der Waals surface area (Å²) in [6.07, 6.45) is 2.68. The van der Waals surface area contributed by atoms with E-state index >= 15 is 0 Å². The zero-order valence-electron chi connectivity index (χ0n) is 17.5. The van der Waals surface area contributed by atoms with Crippen LogP contribution in [0.15, 0.2) is 42.5 Å². The van der Waals surface area contributed by atoms with E-state index in [4.69, 9.17) is 16.3 Å². The van der Waals surface area contributed by atoms with Crippen molar-refractivity contribution >= 4 is 34.3 Å². The monoisotopic (exact) mass is 437 g/mol. The Hall–Kier alpha value is -2.99. The molecule has 1 aliphatic carbocycles. The third-order valence-electron chi connectivity index (χ3n) is 6.28. The van der Waals surface area contributed by atoms with Gasteiger partial charge < -0.3 is 19.9 Å². The predicted octanol–water partition coefficient (Wildman–Crippen LogP) is 4.37. The van der Waals surface area contributed by atoms with Crippen molar-refractivity contribution in [2.75, 3.05) is 6.61 Å². The smallest absolute Gasteiger partial charge is 0.268 e. The molecular weight excluding hydrogens is 414 g/mol. The van der Waals surface area contributed by atoms with Crippen molar-refractivity contribution in [3.63, 3.8) is 0 Å². The van der Waals surface area contributed by atoms with Crippen molar-refractivity contribution in [2.24, 2.45) is 7.05 Å². The van der Waals surface area contributed by atoms with E-state index in [9.17, 15) is 9.59 Å². The molecule has 2 aromatic carbocycles. The summed E-state index contributed by atoms with van der Waals surface area (Å²) in [7, 11) is 1.86. The maximum atomic E-state index is 13.1. The Morgan fingerprint density at radius 3 is 2.71 bits per heavy atom. The summed E-state index contributed by atoms with van der Waals surface area (Å²) in [5, 5.41) is 7.79. The van der Waals surface area contributed by atoms with E-state index in [-0.39, 0.29) is 23.4 Å². The highest BCUT2D eigenvalue weighted by Crippen LogP contribution is 2.36. The molecule has 1 aromatic heterocycles. The first-order valence-electron chi connectivity index (χ1n) is 10.5. The lowest BCUT2D eigenvalue weighted by atomic mass is 9.98. The summed E-state index contributed by atoms with van der Waals surface area (Å²) in [6, 6.07) is 12.7. The van der Waals surface area contributed by atoms with Gasteiger partial charge in [0.05, 0.1) is 12.6 Å². The predicted molar refractivity (Wildman–Crippen MR) is 120 cm³/mol. The van der Waals surface area contributed by atoms with E-state index in [0.29, 0.717) is 35.1 Å². The Kier molecular flexibility index (Phi) is 4.70. The number of benzene rings is 2. The van der Waals surface area contributed by atoms with Crippen LogP contribution < -0.4 is 15.4 Å². The Labute approximate surface area is 185 Å². The van der Waals surface area contributed by atoms with Crippen LogP contribution in [-0.4, -0.2) is 28.5 Å². The van der Waals surface area contributed by atoms with Crippen molar-refractivity contribution in [1.82, 2.24) is 15.2 Å². The largest absolute Gasteiger partial charge is 0.493 e. The lowest BCUT2D eigenvalue weighted by Crippen LogP contribution is -2.35. The molecule has 2 N–H and O–H groups in total. The van der Waals surface area contributed by atoms with Gasteiger partial charge >= 0.3 is 0 Å². The number of halogens is 1. The first-order valence-corrected chi connectivity index (χ1v) is 10.9. The van der Waals surface area contributed by atoms with E-state index in [2.05, 4.69) is 10.6 Å². The number of nitrogens with one attached hydrogen (secondary N) is 2. The van der Waals surface area contributed by atoms with Gasteiger partial charge in [-0.15, -0.1) is 0 Å². The van der Waals surface area contributed by atoms with Gasteiger partial charge in [-0.3, -0.25) is 9.59 Å². The molecule has 5 rings (SSSR count). The number of hydrogen-bond acceptors (Lipinski definition) is 3. The average Bonchev–Trinajstić information content (AvgIpc) is 3.38. The van der Waals surface area contributed by atoms with E-state index < -0.39 is 0 Å². The maximum Gasteiger partial charge on any atom is 0.268 e. The van der Waals surface area contributed by atoms with Gasteiger partial charge in [0, 0.05) is 46.1 Å². The number of amides is 2. The van der Waals surface area contributed by atoms with Gasteiger partial charge in [-0.2, -0.15) is 0 Å². The van der Waals surface area contributed by atoms with Crippen LogP contribution in [0, 0.1) is 0 Å². The second-order valence-corrected chi connectivity index (χ2v) is 9.16. The molecule has 0 unspecified atom stereocenters. The van der Waals surface area contributed by atoms with E-state index in [1.807, 2.05) is 48.9 Å². The first-order chi connectivity index (χ1) is 14.8. The summed E-state index contributed by atoms with van der Waals surface area (Å²) in [6.45, 7) is 2.53. The fourth-order valence-electron chi connectivity index (χ4n) is 4.09. The number of rotatable bonds is 4. The fraction of sp³-hybridized carbons (Fsp3) is 0.333. The Balaban J connectivity index is 1.37. The standard InChI is InChI=1S/C24H24ClN3O3/c1-24(8-9-24)27-22(29)15-4-6-17-18(7-10-31-21(17)12-15)26-23(30)20-11-14-3-5-16(25)13-19(14)28(20)2/h3-6,11-13,18H,7-10H2,1-2H3,(H,26,30)(H,27,29)/t18-/m1/s1. The van der Waals surface area contributed by atoms with Gasteiger partial charge in [-0.25, -0.2) is 0 Å². The van der Waals surface area contributed by atoms with E-state index in [1.165, 1.54) is 0 Å². The fourth-order valence-corrected chi connectivity index (χ4v) is 4.26. The number of carbonyl (C=O) groups excluding carboxylic acids is 2. The number of aromatic nitrogens is 1. The number of nitrogens with zero attached hydrogens (tertiary/aromatic N) is 1. The minimum atomic E-state index is -0.184. The molecular formula is C24H24ClN3O3. The van der Waals surface area contributed by atoms with Crippen LogP contribution in [0.25, 0.3) is 10.9 Å². The molecule has 7 heteroatoms. The first kappa shape index (κ1) is 19.9. The number of aryl methyl sites for hydroxylation is 1. The van der Waals surface area contributed by atoms with E-state index in [0.717, 1.165) is 29.3 Å². The van der Waals surface area contributed by atoms with Crippen LogP contribution in [-0.2, 0) is 7.05 Å². The highest BCUT2D eigenvalue weighted by atomic mass is 35.5. The molecule has 2 amide bonds. The second-order valence-electron chi connectivity index (χ2n) is 8.72. The topological polar surface area (TPSA) is 72.4 Å². The molecule has 0 radical (unpaired) electrons. The molecule has 0 bridgehead atoms. The Morgan fingerprint density at radius 1 is 1.13 bits per heavy atom. The second kappa shape index (κ2) is 7.31. The summed E-state index contributed by atoms with van der Waals surface area (Å²) >= 11 is 6.11. The molecule has 2 aliphatic rings. The summed E-state index contributed by atoms with van der Waals surface area (Å²) in [5.41, 5.74) is 2.86. The van der Waals surface area contributed by atoms with Gasteiger partial charge in [0.25, 0.3) is 11.8 Å². The normalized spacial score (nSPS) is 18.7. The molecule has 0 saturated heterocycles. The quantitative estimate of drug-likeness (QED) is 0.636. The molecule has 2 heterocycles. The zero-order valence-corrected chi connectivity index (χ0v) is 18.3. The molecule has 1 aliphatic heterocycles. The van der Waals surface area contributed by atoms with Crippen LogP contribution in [0.5, 0.6) is 5.75 Å². The molecule has 1 saturated carbocycles. The van der Waals surface area contributed by atoms with Crippen molar-refractivity contribution in [1.29, 1.82) is 0 Å². The van der Waals surface area contributed by atoms with Crippen LogP contribution in [0.1, 0.15) is 58.6 Å². The highest BCUT2D eigenvalue weighted by Gasteiger charge is 2.39. The van der Waals surface area contributed by atoms with Crippen LogP contribution in [0.2, 0.25) is 5.02 Å². The number of fused-ring (bicyclic) bond motifs is 2. The third kappa shape index (κ3) is 3.76. The Morgan fingerprint density at radius 2 is 1.94 bits per heavy atom.